The number of fused-ring (bicyclic) bond motifs is 2. The van der Waals surface area contributed by atoms with Crippen LogP contribution in [0, 0.1) is 5.82 Å². The Hall–Kier alpha value is -1.25. The van der Waals surface area contributed by atoms with Crippen LogP contribution in [0.1, 0.15) is 39.5 Å². The number of nitrogens with one attached hydrogen (secondary N) is 1. The summed E-state index contributed by atoms with van der Waals surface area (Å²) in [6.45, 7) is 6.59. The van der Waals surface area contributed by atoms with Gasteiger partial charge in [0.1, 0.15) is 22.1 Å². The summed E-state index contributed by atoms with van der Waals surface area (Å²) in [6.07, 6.45) is 4.43. The van der Waals surface area contributed by atoms with Gasteiger partial charge in [0, 0.05) is 0 Å². The van der Waals surface area contributed by atoms with Crippen molar-refractivity contribution in [3.63, 3.8) is 0 Å². The van der Waals surface area contributed by atoms with E-state index in [2.05, 4.69) is 35.8 Å². The molecule has 0 radical (unpaired) electrons. The SMILES string of the molecule is CC.O=c1[nH]c(OCC23CCCN2CCC3)nc2c(F)c(Cl)nc(Br)c12. The van der Waals surface area contributed by atoms with Crippen molar-refractivity contribution in [1.29, 1.82) is 0 Å². The van der Waals surface area contributed by atoms with E-state index < -0.39 is 11.4 Å². The highest BCUT2D eigenvalue weighted by atomic mass is 79.9. The number of aromatic amines is 1. The quantitative estimate of drug-likeness (QED) is 0.723. The van der Waals surface area contributed by atoms with Crippen molar-refractivity contribution in [2.45, 2.75) is 45.1 Å². The van der Waals surface area contributed by atoms with Gasteiger partial charge in [-0.3, -0.25) is 14.7 Å². The molecule has 2 aliphatic rings. The zero-order valence-electron chi connectivity index (χ0n) is 14.7. The molecule has 4 heterocycles. The standard InChI is InChI=1S/C15H15BrClFN4O2.C2H6/c16-11-8-10(9(18)12(17)20-11)19-14(21-13(8)23)24-7-15-3-1-5-22(15)6-2-4-15;1-2/h1-7H2,(H,19,21,23);1-2H3. The summed E-state index contributed by atoms with van der Waals surface area (Å²) in [6, 6.07) is 0.00805. The van der Waals surface area contributed by atoms with Crippen LogP contribution in [0.2, 0.25) is 5.15 Å². The van der Waals surface area contributed by atoms with Gasteiger partial charge in [0.2, 0.25) is 0 Å². The van der Waals surface area contributed by atoms with Gasteiger partial charge in [0.25, 0.3) is 11.6 Å². The van der Waals surface area contributed by atoms with E-state index in [0.29, 0.717) is 6.61 Å². The topological polar surface area (TPSA) is 71.1 Å². The van der Waals surface area contributed by atoms with E-state index in [9.17, 15) is 9.18 Å². The first-order chi connectivity index (χ1) is 12.5. The second-order valence-electron chi connectivity index (χ2n) is 6.31. The van der Waals surface area contributed by atoms with Gasteiger partial charge in [0.05, 0.1) is 5.54 Å². The molecule has 2 aromatic rings. The van der Waals surface area contributed by atoms with Crippen molar-refractivity contribution in [1.82, 2.24) is 19.9 Å². The smallest absolute Gasteiger partial charge is 0.297 e. The minimum atomic E-state index is -0.827. The summed E-state index contributed by atoms with van der Waals surface area (Å²) in [5, 5.41) is -0.319. The maximum absolute atomic E-state index is 14.2. The number of ether oxygens (including phenoxy) is 1. The maximum atomic E-state index is 14.2. The van der Waals surface area contributed by atoms with Crippen molar-refractivity contribution in [3.05, 3.63) is 25.9 Å². The average molecular weight is 448 g/mol. The number of hydrogen-bond acceptors (Lipinski definition) is 5. The van der Waals surface area contributed by atoms with Crippen molar-refractivity contribution >= 4 is 38.4 Å². The molecule has 0 saturated carbocycles. The highest BCUT2D eigenvalue weighted by molar-refractivity contribution is 9.10. The molecule has 0 bridgehead atoms. The Morgan fingerprint density at radius 2 is 1.96 bits per heavy atom. The van der Waals surface area contributed by atoms with Crippen LogP contribution in [-0.2, 0) is 0 Å². The summed E-state index contributed by atoms with van der Waals surface area (Å²) < 4.78 is 20.1. The van der Waals surface area contributed by atoms with Crippen molar-refractivity contribution in [3.8, 4) is 6.01 Å². The monoisotopic (exact) mass is 446 g/mol. The largest absolute Gasteiger partial charge is 0.463 e. The number of H-pyrrole nitrogens is 1. The predicted molar refractivity (Wildman–Crippen MR) is 102 cm³/mol. The number of nitrogens with zero attached hydrogens (tertiary/aromatic N) is 3. The molecule has 0 atom stereocenters. The van der Waals surface area contributed by atoms with E-state index in [1.165, 1.54) is 0 Å². The number of aromatic nitrogens is 3. The van der Waals surface area contributed by atoms with Crippen molar-refractivity contribution < 1.29 is 9.13 Å². The lowest BCUT2D eigenvalue weighted by Gasteiger charge is -2.31. The molecule has 26 heavy (non-hydrogen) atoms. The third kappa shape index (κ3) is 3.34. The number of hydrogen-bond donors (Lipinski definition) is 1. The molecule has 4 rings (SSSR count). The average Bonchev–Trinajstić information content (AvgIpc) is 3.19. The highest BCUT2D eigenvalue weighted by Crippen LogP contribution is 2.39. The lowest BCUT2D eigenvalue weighted by atomic mass is 9.95. The van der Waals surface area contributed by atoms with Gasteiger partial charge in [0.15, 0.2) is 11.0 Å². The first-order valence-electron chi connectivity index (χ1n) is 8.83. The highest BCUT2D eigenvalue weighted by Gasteiger charge is 2.45. The second kappa shape index (κ2) is 7.78. The molecular formula is C17H21BrClFN4O2. The molecule has 0 aliphatic carbocycles. The molecular weight excluding hydrogens is 427 g/mol. The molecule has 2 fully saturated rings. The van der Waals surface area contributed by atoms with Gasteiger partial charge < -0.3 is 4.74 Å². The van der Waals surface area contributed by atoms with Crippen LogP contribution >= 0.6 is 27.5 Å². The van der Waals surface area contributed by atoms with E-state index in [1.54, 1.807) is 0 Å². The Morgan fingerprint density at radius 3 is 2.62 bits per heavy atom. The van der Waals surface area contributed by atoms with Crippen LogP contribution in [0.15, 0.2) is 9.40 Å². The van der Waals surface area contributed by atoms with Gasteiger partial charge in [-0.2, -0.15) is 4.98 Å². The Balaban J connectivity index is 0.000000948. The molecule has 0 amide bonds. The Labute approximate surface area is 164 Å². The first kappa shape index (κ1) is 19.5. The van der Waals surface area contributed by atoms with E-state index >= 15 is 0 Å². The van der Waals surface area contributed by atoms with E-state index in [4.69, 9.17) is 16.3 Å². The van der Waals surface area contributed by atoms with Crippen LogP contribution in [-0.4, -0.2) is 45.1 Å². The summed E-state index contributed by atoms with van der Waals surface area (Å²) in [7, 11) is 0. The normalized spacial score (nSPS) is 18.5. The molecule has 2 aliphatic heterocycles. The molecule has 142 valence electrons. The van der Waals surface area contributed by atoms with Gasteiger partial charge in [-0.15, -0.1) is 0 Å². The summed E-state index contributed by atoms with van der Waals surface area (Å²) in [5.41, 5.74) is -0.646. The Morgan fingerprint density at radius 1 is 1.31 bits per heavy atom. The summed E-state index contributed by atoms with van der Waals surface area (Å²) >= 11 is 8.85. The van der Waals surface area contributed by atoms with Crippen LogP contribution in [0.25, 0.3) is 10.9 Å². The molecule has 0 spiro atoms. The summed E-state index contributed by atoms with van der Waals surface area (Å²) in [5.74, 6) is -0.827. The van der Waals surface area contributed by atoms with Crippen LogP contribution in [0.3, 0.4) is 0 Å². The Kier molecular flexibility index (Phi) is 5.84. The third-order valence-electron chi connectivity index (χ3n) is 4.98. The lowest BCUT2D eigenvalue weighted by molar-refractivity contribution is 0.107. The number of rotatable bonds is 3. The maximum Gasteiger partial charge on any atom is 0.297 e. The molecule has 2 aromatic heterocycles. The zero-order valence-corrected chi connectivity index (χ0v) is 17.1. The van der Waals surface area contributed by atoms with Crippen LogP contribution < -0.4 is 10.3 Å². The minimum Gasteiger partial charge on any atom is -0.463 e. The molecule has 0 unspecified atom stereocenters. The van der Waals surface area contributed by atoms with Crippen molar-refractivity contribution in [2.24, 2.45) is 0 Å². The van der Waals surface area contributed by atoms with Gasteiger partial charge in [-0.25, -0.2) is 9.37 Å². The molecule has 6 nitrogen and oxygen atoms in total. The molecule has 0 aromatic carbocycles. The van der Waals surface area contributed by atoms with Gasteiger partial charge in [-0.1, -0.05) is 25.4 Å². The Bertz CT molecular complexity index is 866. The third-order valence-corrected chi connectivity index (χ3v) is 5.80. The fraction of sp³-hybridized carbons (Fsp3) is 0.588. The van der Waals surface area contributed by atoms with Gasteiger partial charge in [-0.05, 0) is 54.7 Å². The van der Waals surface area contributed by atoms with Crippen LogP contribution in [0.5, 0.6) is 6.01 Å². The predicted octanol–water partition coefficient (Wildman–Crippen LogP) is 3.91. The molecule has 1 N–H and O–H groups in total. The van der Waals surface area contributed by atoms with Gasteiger partial charge >= 0.3 is 0 Å². The minimum absolute atomic E-state index is 0.00805. The fourth-order valence-electron chi connectivity index (χ4n) is 3.82. The molecule has 2 saturated heterocycles. The number of pyridine rings is 1. The molecule has 9 heteroatoms. The first-order valence-corrected chi connectivity index (χ1v) is 10.00. The summed E-state index contributed by atoms with van der Waals surface area (Å²) in [4.78, 5) is 25.1. The van der Waals surface area contributed by atoms with Crippen LogP contribution in [0.4, 0.5) is 4.39 Å². The van der Waals surface area contributed by atoms with Crippen molar-refractivity contribution in [2.75, 3.05) is 19.7 Å². The van der Waals surface area contributed by atoms with E-state index in [1.807, 2.05) is 13.8 Å². The second-order valence-corrected chi connectivity index (χ2v) is 7.42. The van der Waals surface area contributed by atoms with E-state index in [0.717, 1.165) is 38.8 Å². The number of halogens is 3. The fourth-order valence-corrected chi connectivity index (χ4v) is 4.64. The zero-order chi connectivity index (χ0) is 18.9. The van der Waals surface area contributed by atoms with E-state index in [-0.39, 0.29) is 32.2 Å². The lowest BCUT2D eigenvalue weighted by Crippen LogP contribution is -2.43.